The highest BCUT2D eigenvalue weighted by Gasteiger charge is 2.34. The number of carbonyl (C=O) groups is 10. The number of phenols is 1. The second-order valence-electron chi connectivity index (χ2n) is 25.7. The minimum Gasteiger partial charge on any atom is -0.508 e. The lowest BCUT2D eigenvalue weighted by molar-refractivity contribution is -0.133. The Hall–Kier alpha value is -8.10. The van der Waals surface area contributed by atoms with Gasteiger partial charge in [-0.25, -0.2) is 24.0 Å². The number of ether oxygens (including phenoxy) is 5. The van der Waals surface area contributed by atoms with E-state index in [-0.39, 0.29) is 69.6 Å². The molecule has 2 aromatic carbocycles. The summed E-state index contributed by atoms with van der Waals surface area (Å²) >= 11 is 0. The van der Waals surface area contributed by atoms with Crippen molar-refractivity contribution in [2.24, 2.45) is 0 Å². The second-order valence-corrected chi connectivity index (χ2v) is 25.7. The van der Waals surface area contributed by atoms with Gasteiger partial charge >= 0.3 is 30.5 Å². The third kappa shape index (κ3) is 29.1. The minimum absolute atomic E-state index is 0.0115. The summed E-state index contributed by atoms with van der Waals surface area (Å²) in [7, 11) is 0. The van der Waals surface area contributed by atoms with Crippen LogP contribution in [0, 0.1) is 0 Å². The molecule has 86 heavy (non-hydrogen) atoms. The zero-order valence-electron chi connectivity index (χ0n) is 52.3. The largest absolute Gasteiger partial charge is 0.508 e. The van der Waals surface area contributed by atoms with E-state index >= 15 is 0 Å². The van der Waals surface area contributed by atoms with E-state index in [0.717, 1.165) is 0 Å². The number of fused-ring (bicyclic) bond motifs is 5. The fraction of sp³-hybridized carbons (Fsp3) is 0.627. The molecule has 0 saturated carbocycles. The van der Waals surface area contributed by atoms with E-state index in [4.69, 9.17) is 23.7 Å². The first-order valence-corrected chi connectivity index (χ1v) is 28.6. The van der Waals surface area contributed by atoms with Gasteiger partial charge < -0.3 is 87.1 Å². The van der Waals surface area contributed by atoms with Crippen LogP contribution in [0.5, 0.6) is 5.75 Å². The number of aromatic hydroxyl groups is 1. The average molecular weight is 1210 g/mol. The van der Waals surface area contributed by atoms with Crippen molar-refractivity contribution in [3.8, 4) is 16.9 Å². The highest BCUT2D eigenvalue weighted by Crippen LogP contribution is 2.29. The summed E-state index contributed by atoms with van der Waals surface area (Å²) in [5.74, 6) is -4.18. The number of hydrogen-bond donors (Lipinski definition) is 12. The van der Waals surface area contributed by atoms with Crippen LogP contribution in [0.3, 0.4) is 0 Å². The molecule has 27 heteroatoms. The smallest absolute Gasteiger partial charge is 0.408 e. The van der Waals surface area contributed by atoms with Crippen LogP contribution < -0.4 is 53.2 Å². The molecule has 0 aliphatic carbocycles. The zero-order valence-corrected chi connectivity index (χ0v) is 52.3. The Balaban J connectivity index is 1.93. The van der Waals surface area contributed by atoms with Gasteiger partial charge in [-0.15, -0.1) is 0 Å². The normalized spacial score (nSPS) is 16.9. The topological polar surface area (TPSA) is 378 Å². The summed E-state index contributed by atoms with van der Waals surface area (Å²) < 4.78 is 26.8. The van der Waals surface area contributed by atoms with Crippen LogP contribution in [-0.2, 0) is 60.5 Å². The Kier molecular flexibility index (Phi) is 26.7. The average Bonchev–Trinajstić information content (AvgIpc) is 1.89. The molecule has 0 spiro atoms. The molecule has 0 saturated heterocycles. The maximum atomic E-state index is 14.6. The third-order valence-corrected chi connectivity index (χ3v) is 11.7. The predicted molar refractivity (Wildman–Crippen MR) is 316 cm³/mol. The number of phenolic OH excluding ortho intramolecular Hbond substituents is 1. The van der Waals surface area contributed by atoms with Crippen LogP contribution in [0.4, 0.5) is 24.0 Å². The molecule has 1 unspecified atom stereocenters. The Labute approximate surface area is 503 Å². The molecule has 12 N–H and O–H groups in total. The number of nitrogens with one attached hydrogen (secondary N) is 10. The number of alkyl carbamates (subject to hydrolysis) is 5. The van der Waals surface area contributed by atoms with Crippen molar-refractivity contribution in [2.75, 3.05) is 32.7 Å². The molecule has 1 aliphatic rings. The van der Waals surface area contributed by atoms with Gasteiger partial charge in [-0.1, -0.05) is 30.3 Å². The maximum absolute atomic E-state index is 14.6. The van der Waals surface area contributed by atoms with E-state index in [1.54, 1.807) is 140 Å². The van der Waals surface area contributed by atoms with Crippen molar-refractivity contribution >= 4 is 60.0 Å². The number of rotatable bonds is 20. The molecule has 0 radical (unpaired) electrons. The number of amides is 10. The Bertz CT molecular complexity index is 2690. The van der Waals surface area contributed by atoms with Gasteiger partial charge in [0, 0.05) is 52.0 Å². The van der Waals surface area contributed by atoms with Gasteiger partial charge in [0.2, 0.25) is 29.5 Å². The molecule has 2 aromatic rings. The van der Waals surface area contributed by atoms with Crippen LogP contribution in [-0.4, -0.2) is 167 Å². The molecule has 27 nitrogen and oxygen atoms in total. The lowest BCUT2D eigenvalue weighted by atomic mass is 9.96. The number of aliphatic hydroxyl groups excluding tert-OH is 1. The summed E-state index contributed by atoms with van der Waals surface area (Å²) in [6.07, 6.45) is -7.07. The molecular formula is C59H92N10O17. The van der Waals surface area contributed by atoms with Gasteiger partial charge in [-0.05, 0) is 158 Å². The molecular weight excluding hydrogens is 1120 g/mol. The zero-order chi connectivity index (χ0) is 65.0. The van der Waals surface area contributed by atoms with Crippen LogP contribution in [0.1, 0.15) is 141 Å². The van der Waals surface area contributed by atoms with Crippen molar-refractivity contribution < 1.29 is 81.8 Å². The molecule has 1 aliphatic heterocycles. The summed E-state index contributed by atoms with van der Waals surface area (Å²) in [5, 5.41) is 48.2. The lowest BCUT2D eigenvalue weighted by Crippen LogP contribution is -2.58. The molecule has 4 bridgehead atoms. The number of carbonyl (C=O) groups excluding carboxylic acids is 10. The van der Waals surface area contributed by atoms with Crippen molar-refractivity contribution in [2.45, 2.75) is 207 Å². The van der Waals surface area contributed by atoms with E-state index in [1.807, 2.05) is 0 Å². The molecule has 6 atom stereocenters. The Morgan fingerprint density at radius 1 is 0.547 bits per heavy atom. The highest BCUT2D eigenvalue weighted by atomic mass is 16.6. The Morgan fingerprint density at radius 2 is 1.05 bits per heavy atom. The van der Waals surface area contributed by atoms with Crippen LogP contribution in [0.25, 0.3) is 11.1 Å². The van der Waals surface area contributed by atoms with Crippen LogP contribution in [0.15, 0.2) is 42.5 Å². The quantitative estimate of drug-likeness (QED) is 0.0655. The van der Waals surface area contributed by atoms with Crippen LogP contribution >= 0.6 is 0 Å². The highest BCUT2D eigenvalue weighted by molar-refractivity contribution is 5.94. The molecule has 1 heterocycles. The van der Waals surface area contributed by atoms with Crippen molar-refractivity contribution in [3.05, 3.63) is 53.6 Å². The SMILES string of the molecule is CC(C)(C)OC(=O)NCCNC(=O)[C@H](CCNC(=O)C(CCCNC(=O)[C@@H]1Cc2cccc(c2)-c2ccc(O)c(c2)C[C@H](NC(=O)OC(C)(C)C)C(=O)N[C@@H](C[C@@H](O)CNC(=O)OC(C)(C)C)C(=O)N1)NC(=O)OC(C)(C)C)NC(=O)OC(C)(C)C. The number of aliphatic hydroxyl groups is 1. The Morgan fingerprint density at radius 3 is 1.62 bits per heavy atom. The monoisotopic (exact) mass is 1210 g/mol. The van der Waals surface area contributed by atoms with Gasteiger partial charge in [0.05, 0.1) is 6.10 Å². The molecule has 0 fully saturated rings. The second kappa shape index (κ2) is 31.9. The molecule has 0 aromatic heterocycles. The summed E-state index contributed by atoms with van der Waals surface area (Å²) in [6.45, 7) is 23.8. The first-order valence-electron chi connectivity index (χ1n) is 28.6. The van der Waals surface area contributed by atoms with E-state index in [9.17, 15) is 58.2 Å². The van der Waals surface area contributed by atoms with Gasteiger partial charge in [0.25, 0.3) is 0 Å². The molecule has 10 amide bonds. The first-order chi connectivity index (χ1) is 39.6. The van der Waals surface area contributed by atoms with Crippen molar-refractivity contribution in [1.29, 1.82) is 0 Å². The number of benzene rings is 2. The van der Waals surface area contributed by atoms with E-state index < -0.39 is 137 Å². The fourth-order valence-electron chi connectivity index (χ4n) is 8.11. The van der Waals surface area contributed by atoms with Crippen molar-refractivity contribution in [1.82, 2.24) is 53.2 Å². The minimum atomic E-state index is -1.63. The fourth-order valence-corrected chi connectivity index (χ4v) is 8.11. The number of hydrogen-bond acceptors (Lipinski definition) is 17. The maximum Gasteiger partial charge on any atom is 0.408 e. The standard InChI is InChI=1S/C59H92N10O17/c1-55(2,3)82-50(77)63-27-26-62-46(73)40(68-53(80)85-58(10,11)12)23-25-61-45(72)39(67-52(79)84-57(7,8)9)20-17-24-60-47(74)41-29-34-18-16-19-35(28-34)36-21-22-44(71)37(30-36)31-42(69-54(81)86-59(13,14)15)48(75)66-43(49(76)65-41)32-38(70)33-64-51(78)83-56(4,5)6/h16,18-19,21-22,28,30,38-43,70-71H,17,20,23-27,29,31-33H2,1-15H3,(H,60,74)(H,61,72)(H,62,73)(H,63,77)(H,64,78)(H,65,76)(H,66,75)(H,67,79)(H,68,80)(H,69,81)/t38-,39?,40+,41+,42+,43+/m1/s1. The first kappa shape index (κ1) is 72.2. The van der Waals surface area contributed by atoms with Crippen molar-refractivity contribution in [3.63, 3.8) is 0 Å². The lowest BCUT2D eigenvalue weighted by Gasteiger charge is -2.28. The van der Waals surface area contributed by atoms with E-state index in [1.165, 1.54) is 6.07 Å². The van der Waals surface area contributed by atoms with Gasteiger partial charge in [-0.3, -0.25) is 24.0 Å². The van der Waals surface area contributed by atoms with E-state index in [2.05, 4.69) is 53.2 Å². The van der Waals surface area contributed by atoms with Crippen LogP contribution in [0.2, 0.25) is 0 Å². The molecule has 480 valence electrons. The van der Waals surface area contributed by atoms with Gasteiger partial charge in [0.1, 0.15) is 64.0 Å². The summed E-state index contributed by atoms with van der Waals surface area (Å²) in [6, 6.07) is 4.70. The van der Waals surface area contributed by atoms with Gasteiger partial charge in [-0.2, -0.15) is 0 Å². The van der Waals surface area contributed by atoms with E-state index in [0.29, 0.717) is 16.7 Å². The predicted octanol–water partition coefficient (Wildman–Crippen LogP) is 4.13. The summed E-state index contributed by atoms with van der Waals surface area (Å²) in [5.41, 5.74) is -2.48. The third-order valence-electron chi connectivity index (χ3n) is 11.7. The van der Waals surface area contributed by atoms with Gasteiger partial charge in [0.15, 0.2) is 0 Å². The molecule has 3 rings (SSSR count). The summed E-state index contributed by atoms with van der Waals surface area (Å²) in [4.78, 5) is 134.